The summed E-state index contributed by atoms with van der Waals surface area (Å²) in [5, 5.41) is 0.440. The summed E-state index contributed by atoms with van der Waals surface area (Å²) in [6.45, 7) is 0.988. The van der Waals surface area contributed by atoms with Crippen molar-refractivity contribution in [3.05, 3.63) is 52.5 Å². The predicted molar refractivity (Wildman–Crippen MR) is 108 cm³/mol. The van der Waals surface area contributed by atoms with Crippen molar-refractivity contribution in [1.82, 2.24) is 4.90 Å². The summed E-state index contributed by atoms with van der Waals surface area (Å²) in [7, 11) is 3.08. The molecule has 1 fully saturated rings. The van der Waals surface area contributed by atoms with E-state index in [0.717, 1.165) is 0 Å². The first-order valence-corrected chi connectivity index (χ1v) is 9.86. The number of ether oxygens (including phenoxy) is 3. The molecule has 2 aromatic carbocycles. The number of methoxy groups -OCH3 is 2. The molecular weight excluding hydrogens is 394 g/mol. The minimum Gasteiger partial charge on any atom is -0.496 e. The average molecular weight is 416 g/mol. The van der Waals surface area contributed by atoms with E-state index in [-0.39, 0.29) is 18.1 Å². The normalized spacial score (nSPS) is 17.5. The van der Waals surface area contributed by atoms with Crippen LogP contribution in [0, 0.1) is 0 Å². The molecule has 6 nitrogen and oxygen atoms in total. The number of ketones is 1. The molecule has 2 heterocycles. The molecule has 0 unspecified atom stereocenters. The lowest BCUT2D eigenvalue weighted by molar-refractivity contribution is -0.00609. The quantitative estimate of drug-likeness (QED) is 0.758. The third-order valence-corrected chi connectivity index (χ3v) is 5.98. The molecule has 0 bridgehead atoms. The number of Topliss-reactive ketones (excluding diaryl/α,β-unsaturated/α-hetero) is 1. The number of likely N-dealkylation sites (tertiary alicyclic amines) is 1. The number of hydrogen-bond donors (Lipinski definition) is 0. The van der Waals surface area contributed by atoms with Crippen LogP contribution < -0.4 is 14.2 Å². The molecule has 29 heavy (non-hydrogen) atoms. The molecule has 0 atom stereocenters. The van der Waals surface area contributed by atoms with E-state index in [1.165, 1.54) is 7.11 Å². The van der Waals surface area contributed by atoms with E-state index in [1.54, 1.807) is 48.4 Å². The first-order chi connectivity index (χ1) is 14.0. The van der Waals surface area contributed by atoms with E-state index in [2.05, 4.69) is 0 Å². The third kappa shape index (κ3) is 3.53. The van der Waals surface area contributed by atoms with Gasteiger partial charge in [0.25, 0.3) is 5.91 Å². The number of halogens is 1. The van der Waals surface area contributed by atoms with Gasteiger partial charge in [-0.2, -0.15) is 0 Å². The standard InChI is InChI=1S/C22H22ClNO5/c1-27-14-11-18(28-2)20-17(25)13-22(29-19(20)12-14)7-9-24(10-8-22)21(26)15-5-3-4-6-16(15)23/h3-6,11-12H,7-10,13H2,1-2H3. The molecule has 7 heteroatoms. The fourth-order valence-corrected chi connectivity index (χ4v) is 4.27. The summed E-state index contributed by atoms with van der Waals surface area (Å²) in [5.74, 6) is 1.37. The topological polar surface area (TPSA) is 65.1 Å². The summed E-state index contributed by atoms with van der Waals surface area (Å²) >= 11 is 6.17. The van der Waals surface area contributed by atoms with Crippen molar-refractivity contribution in [2.75, 3.05) is 27.3 Å². The number of carbonyl (C=O) groups excluding carboxylic acids is 2. The Hall–Kier alpha value is -2.73. The van der Waals surface area contributed by atoms with Crippen molar-refractivity contribution in [3.63, 3.8) is 0 Å². The van der Waals surface area contributed by atoms with E-state index in [4.69, 9.17) is 25.8 Å². The van der Waals surface area contributed by atoms with Crippen LogP contribution in [-0.4, -0.2) is 49.5 Å². The van der Waals surface area contributed by atoms with Crippen LogP contribution >= 0.6 is 11.6 Å². The van der Waals surface area contributed by atoms with Crippen molar-refractivity contribution in [1.29, 1.82) is 0 Å². The van der Waals surface area contributed by atoms with Gasteiger partial charge < -0.3 is 19.1 Å². The van der Waals surface area contributed by atoms with Crippen LogP contribution in [0.25, 0.3) is 0 Å². The van der Waals surface area contributed by atoms with E-state index < -0.39 is 5.60 Å². The smallest absolute Gasteiger partial charge is 0.255 e. The summed E-state index contributed by atoms with van der Waals surface area (Å²) < 4.78 is 17.0. The second kappa shape index (κ2) is 7.59. The summed E-state index contributed by atoms with van der Waals surface area (Å²) in [6, 6.07) is 10.4. The number of amides is 1. The number of rotatable bonds is 3. The SMILES string of the molecule is COc1cc(OC)c2c(c1)OC1(CCN(C(=O)c3ccccc3Cl)CC1)CC2=O. The zero-order valence-electron chi connectivity index (χ0n) is 16.4. The first kappa shape index (κ1) is 19.6. The maximum absolute atomic E-state index is 12.9. The Morgan fingerprint density at radius 2 is 1.86 bits per heavy atom. The fraction of sp³-hybridized carbons (Fsp3) is 0.364. The van der Waals surface area contributed by atoms with Crippen LogP contribution in [0.2, 0.25) is 5.02 Å². The molecular formula is C22H22ClNO5. The van der Waals surface area contributed by atoms with E-state index in [1.807, 2.05) is 0 Å². The zero-order valence-corrected chi connectivity index (χ0v) is 17.1. The van der Waals surface area contributed by atoms with E-state index in [9.17, 15) is 9.59 Å². The lowest BCUT2D eigenvalue weighted by atomic mass is 9.82. The molecule has 0 N–H and O–H groups in total. The van der Waals surface area contributed by atoms with Gasteiger partial charge in [-0.3, -0.25) is 9.59 Å². The van der Waals surface area contributed by atoms with E-state index in [0.29, 0.717) is 59.3 Å². The lowest BCUT2D eigenvalue weighted by Crippen LogP contribution is -2.52. The molecule has 2 aromatic rings. The van der Waals surface area contributed by atoms with Gasteiger partial charge in [0.2, 0.25) is 0 Å². The lowest BCUT2D eigenvalue weighted by Gasteiger charge is -2.44. The Kier molecular flexibility index (Phi) is 5.13. The van der Waals surface area contributed by atoms with Gasteiger partial charge in [0, 0.05) is 38.1 Å². The van der Waals surface area contributed by atoms with Crippen molar-refractivity contribution in [2.45, 2.75) is 24.9 Å². The second-order valence-corrected chi connectivity index (χ2v) is 7.77. The molecule has 0 aromatic heterocycles. The highest BCUT2D eigenvalue weighted by Crippen LogP contribution is 2.44. The minimum atomic E-state index is -0.626. The van der Waals surface area contributed by atoms with Crippen molar-refractivity contribution < 1.29 is 23.8 Å². The van der Waals surface area contributed by atoms with Crippen LogP contribution in [0.1, 0.15) is 40.0 Å². The number of hydrogen-bond acceptors (Lipinski definition) is 5. The van der Waals surface area contributed by atoms with Crippen molar-refractivity contribution in [2.24, 2.45) is 0 Å². The minimum absolute atomic E-state index is 0.0170. The molecule has 0 saturated carbocycles. The van der Waals surface area contributed by atoms with Crippen molar-refractivity contribution in [3.8, 4) is 17.2 Å². The predicted octanol–water partition coefficient (Wildman–Crippen LogP) is 4.00. The summed E-state index contributed by atoms with van der Waals surface area (Å²) in [6.07, 6.45) is 1.39. The van der Waals surface area contributed by atoms with Crippen LogP contribution in [-0.2, 0) is 0 Å². The van der Waals surface area contributed by atoms with Gasteiger partial charge in [-0.05, 0) is 12.1 Å². The molecule has 2 aliphatic heterocycles. The largest absolute Gasteiger partial charge is 0.496 e. The van der Waals surface area contributed by atoms with Crippen LogP contribution in [0.5, 0.6) is 17.2 Å². The number of carbonyl (C=O) groups is 2. The summed E-state index contributed by atoms with van der Waals surface area (Å²) in [4.78, 5) is 27.5. The Morgan fingerprint density at radius 3 is 2.52 bits per heavy atom. The van der Waals surface area contributed by atoms with Gasteiger partial charge in [0.15, 0.2) is 5.78 Å². The van der Waals surface area contributed by atoms with Crippen LogP contribution in [0.4, 0.5) is 0 Å². The molecule has 2 aliphatic rings. The first-order valence-electron chi connectivity index (χ1n) is 9.48. The number of benzene rings is 2. The second-order valence-electron chi connectivity index (χ2n) is 7.36. The molecule has 0 radical (unpaired) electrons. The van der Waals surface area contributed by atoms with Crippen LogP contribution in [0.3, 0.4) is 0 Å². The van der Waals surface area contributed by atoms with Gasteiger partial charge in [0.1, 0.15) is 28.4 Å². The Morgan fingerprint density at radius 1 is 1.14 bits per heavy atom. The number of piperidine rings is 1. The zero-order chi connectivity index (χ0) is 20.6. The molecule has 0 aliphatic carbocycles. The molecule has 1 saturated heterocycles. The van der Waals surface area contributed by atoms with E-state index >= 15 is 0 Å². The van der Waals surface area contributed by atoms with Gasteiger partial charge in [-0.1, -0.05) is 23.7 Å². The van der Waals surface area contributed by atoms with Crippen molar-refractivity contribution >= 4 is 23.3 Å². The highest BCUT2D eigenvalue weighted by Gasteiger charge is 2.45. The maximum atomic E-state index is 12.9. The monoisotopic (exact) mass is 415 g/mol. The summed E-state index contributed by atoms with van der Waals surface area (Å²) in [5.41, 5.74) is 0.317. The number of nitrogens with zero attached hydrogens (tertiary/aromatic N) is 1. The Labute approximate surface area is 174 Å². The van der Waals surface area contributed by atoms with Crippen LogP contribution in [0.15, 0.2) is 36.4 Å². The molecule has 1 amide bonds. The highest BCUT2D eigenvalue weighted by molar-refractivity contribution is 6.33. The maximum Gasteiger partial charge on any atom is 0.255 e. The van der Waals surface area contributed by atoms with Gasteiger partial charge in [-0.15, -0.1) is 0 Å². The third-order valence-electron chi connectivity index (χ3n) is 5.65. The molecule has 1 spiro atoms. The van der Waals surface area contributed by atoms with Gasteiger partial charge >= 0.3 is 0 Å². The molecule has 4 rings (SSSR count). The number of fused-ring (bicyclic) bond motifs is 1. The average Bonchev–Trinajstić information content (AvgIpc) is 2.73. The van der Waals surface area contributed by atoms with Gasteiger partial charge in [-0.25, -0.2) is 0 Å². The Bertz CT molecular complexity index is 966. The van der Waals surface area contributed by atoms with Gasteiger partial charge in [0.05, 0.1) is 31.2 Å². The highest BCUT2D eigenvalue weighted by atomic mass is 35.5. The molecule has 152 valence electrons. The Balaban J connectivity index is 1.54. The fourth-order valence-electron chi connectivity index (χ4n) is 4.05.